The van der Waals surface area contributed by atoms with Gasteiger partial charge in [-0.25, -0.2) is 0 Å². The maximum atomic E-state index is 12.5. The lowest BCUT2D eigenvalue weighted by Crippen LogP contribution is -2.36. The summed E-state index contributed by atoms with van der Waals surface area (Å²) in [5, 5.41) is 11.1. The van der Waals surface area contributed by atoms with E-state index >= 15 is 0 Å². The number of nitro groups is 1. The Bertz CT molecular complexity index is 1110. The van der Waals surface area contributed by atoms with Gasteiger partial charge in [0.15, 0.2) is 6.61 Å². The van der Waals surface area contributed by atoms with E-state index in [2.05, 4.69) is 0 Å². The summed E-state index contributed by atoms with van der Waals surface area (Å²) in [6.07, 6.45) is 0. The van der Waals surface area contributed by atoms with E-state index < -0.39 is 47.3 Å². The zero-order valence-corrected chi connectivity index (χ0v) is 16.4. The molecule has 0 bridgehead atoms. The summed E-state index contributed by atoms with van der Waals surface area (Å²) in [7, 11) is 2.79. The second kappa shape index (κ2) is 8.61. The Hall–Kier alpha value is -4.28. The lowest BCUT2D eigenvalue weighted by molar-refractivity contribution is -0.385. The molecule has 0 aliphatic carbocycles. The van der Waals surface area contributed by atoms with Crippen molar-refractivity contribution in [3.63, 3.8) is 0 Å². The molecule has 11 heteroatoms. The molecular weight excluding hydrogens is 412 g/mol. The molecule has 2 amide bonds. The first-order valence-corrected chi connectivity index (χ1v) is 8.83. The van der Waals surface area contributed by atoms with Crippen molar-refractivity contribution in [1.82, 2.24) is 4.90 Å². The van der Waals surface area contributed by atoms with Crippen LogP contribution in [0.2, 0.25) is 0 Å². The smallest absolute Gasteiger partial charge is 0.326 e. The number of imide groups is 1. The number of esters is 1. The van der Waals surface area contributed by atoms with Crippen LogP contribution in [0.25, 0.3) is 0 Å². The number of ether oxygens (including phenoxy) is 3. The second-order valence-corrected chi connectivity index (χ2v) is 6.30. The molecule has 0 unspecified atom stereocenters. The highest BCUT2D eigenvalue weighted by atomic mass is 16.6. The number of hydrogen-bond donors (Lipinski definition) is 0. The van der Waals surface area contributed by atoms with Crippen LogP contribution in [0.5, 0.6) is 11.5 Å². The molecular formula is C20H16N2O9. The van der Waals surface area contributed by atoms with Gasteiger partial charge in [0.1, 0.15) is 23.6 Å². The maximum absolute atomic E-state index is 12.5. The molecule has 31 heavy (non-hydrogen) atoms. The Morgan fingerprint density at radius 3 is 2.45 bits per heavy atom. The van der Waals surface area contributed by atoms with Crippen molar-refractivity contribution in [2.45, 2.75) is 0 Å². The zero-order valence-electron chi connectivity index (χ0n) is 16.4. The molecule has 0 saturated heterocycles. The van der Waals surface area contributed by atoms with E-state index in [0.29, 0.717) is 10.6 Å². The molecule has 1 aliphatic rings. The van der Waals surface area contributed by atoms with Crippen molar-refractivity contribution < 1.29 is 38.3 Å². The number of rotatable bonds is 8. The molecule has 0 fully saturated rings. The molecule has 1 heterocycles. The van der Waals surface area contributed by atoms with Crippen molar-refractivity contribution in [2.75, 3.05) is 27.4 Å². The van der Waals surface area contributed by atoms with E-state index in [1.807, 2.05) is 0 Å². The number of ketones is 1. The van der Waals surface area contributed by atoms with Crippen LogP contribution in [0.3, 0.4) is 0 Å². The molecule has 0 atom stereocenters. The van der Waals surface area contributed by atoms with Gasteiger partial charge in [-0.1, -0.05) is 6.07 Å². The lowest BCUT2D eigenvalue weighted by Gasteiger charge is -2.13. The zero-order chi connectivity index (χ0) is 22.7. The van der Waals surface area contributed by atoms with E-state index in [0.717, 1.165) is 6.07 Å². The van der Waals surface area contributed by atoms with Crippen LogP contribution in [0.15, 0.2) is 36.4 Å². The molecule has 0 saturated carbocycles. The summed E-state index contributed by atoms with van der Waals surface area (Å²) in [4.78, 5) is 60.4. The number of hydrogen-bond acceptors (Lipinski definition) is 9. The lowest BCUT2D eigenvalue weighted by atomic mass is 10.1. The fourth-order valence-electron chi connectivity index (χ4n) is 3.04. The SMILES string of the molecule is COc1ccc(OC)c(C(=O)COC(=O)CN2C(=O)c3cccc([N+](=O)[O-])c3C2=O)c1. The van der Waals surface area contributed by atoms with Crippen LogP contribution in [-0.4, -0.2) is 60.8 Å². The number of nitrogens with zero attached hydrogens (tertiary/aromatic N) is 2. The third-order valence-electron chi connectivity index (χ3n) is 4.53. The van der Waals surface area contributed by atoms with E-state index in [-0.39, 0.29) is 22.4 Å². The summed E-state index contributed by atoms with van der Waals surface area (Å²) in [5.74, 6) is -2.83. The van der Waals surface area contributed by atoms with Crippen LogP contribution >= 0.6 is 0 Å². The van der Waals surface area contributed by atoms with E-state index in [9.17, 15) is 29.3 Å². The summed E-state index contributed by atoms with van der Waals surface area (Å²) < 4.78 is 15.1. The Labute approximate surface area is 175 Å². The van der Waals surface area contributed by atoms with Gasteiger partial charge < -0.3 is 14.2 Å². The van der Waals surface area contributed by atoms with E-state index in [4.69, 9.17) is 14.2 Å². The number of benzene rings is 2. The summed E-state index contributed by atoms with van der Waals surface area (Å²) >= 11 is 0. The van der Waals surface area contributed by atoms with Crippen molar-refractivity contribution in [3.05, 3.63) is 63.2 Å². The van der Waals surface area contributed by atoms with Gasteiger partial charge in [0.05, 0.1) is 30.3 Å². The first-order chi connectivity index (χ1) is 14.8. The molecule has 2 aromatic rings. The molecule has 11 nitrogen and oxygen atoms in total. The van der Waals surface area contributed by atoms with Crippen LogP contribution in [0, 0.1) is 10.1 Å². The van der Waals surface area contributed by atoms with Crippen LogP contribution in [0.1, 0.15) is 31.1 Å². The summed E-state index contributed by atoms with van der Waals surface area (Å²) in [6, 6.07) is 8.13. The van der Waals surface area contributed by atoms with Gasteiger partial charge in [-0.3, -0.25) is 34.2 Å². The first kappa shape index (κ1) is 21.4. The highest BCUT2D eigenvalue weighted by Gasteiger charge is 2.42. The van der Waals surface area contributed by atoms with Gasteiger partial charge in [-0.05, 0) is 24.3 Å². The Balaban J connectivity index is 1.69. The third-order valence-corrected chi connectivity index (χ3v) is 4.53. The van der Waals surface area contributed by atoms with Crippen molar-refractivity contribution >= 4 is 29.3 Å². The molecule has 0 radical (unpaired) electrons. The van der Waals surface area contributed by atoms with Gasteiger partial charge >= 0.3 is 5.97 Å². The topological polar surface area (TPSA) is 142 Å². The minimum Gasteiger partial charge on any atom is -0.497 e. The minimum atomic E-state index is -1.03. The first-order valence-electron chi connectivity index (χ1n) is 8.83. The number of carbonyl (C=O) groups excluding carboxylic acids is 4. The number of nitro benzene ring substituents is 1. The average Bonchev–Trinajstić information content (AvgIpc) is 3.01. The third kappa shape index (κ3) is 4.06. The number of amides is 2. The predicted molar refractivity (Wildman–Crippen MR) is 103 cm³/mol. The van der Waals surface area contributed by atoms with Crippen LogP contribution in [0.4, 0.5) is 5.69 Å². The Morgan fingerprint density at radius 1 is 1.06 bits per heavy atom. The summed E-state index contributed by atoms with van der Waals surface area (Å²) in [5.41, 5.74) is -0.982. The van der Waals surface area contributed by atoms with E-state index in [1.54, 1.807) is 6.07 Å². The number of carbonyl (C=O) groups is 4. The van der Waals surface area contributed by atoms with Gasteiger partial charge in [0.25, 0.3) is 17.5 Å². The standard InChI is InChI=1S/C20H16N2O9/c1-29-11-6-7-16(30-2)13(8-11)15(23)10-31-17(24)9-21-19(25)12-4-3-5-14(22(27)28)18(12)20(21)26/h3-8H,9-10H2,1-2H3. The average molecular weight is 428 g/mol. The van der Waals surface area contributed by atoms with Crippen molar-refractivity contribution in [1.29, 1.82) is 0 Å². The Kier molecular flexibility index (Phi) is 5.95. The fourth-order valence-corrected chi connectivity index (χ4v) is 3.04. The largest absolute Gasteiger partial charge is 0.497 e. The second-order valence-electron chi connectivity index (χ2n) is 6.30. The quantitative estimate of drug-likeness (QED) is 0.201. The highest BCUT2D eigenvalue weighted by Crippen LogP contribution is 2.30. The van der Waals surface area contributed by atoms with Gasteiger partial charge in [0, 0.05) is 6.07 Å². The van der Waals surface area contributed by atoms with Gasteiger partial charge in [-0.15, -0.1) is 0 Å². The van der Waals surface area contributed by atoms with Gasteiger partial charge in [0.2, 0.25) is 5.78 Å². The highest BCUT2D eigenvalue weighted by molar-refractivity contribution is 6.24. The van der Waals surface area contributed by atoms with Crippen molar-refractivity contribution in [2.24, 2.45) is 0 Å². The molecule has 0 spiro atoms. The fraction of sp³-hybridized carbons (Fsp3) is 0.200. The predicted octanol–water partition coefficient (Wildman–Crippen LogP) is 1.63. The Morgan fingerprint density at radius 2 is 1.81 bits per heavy atom. The van der Waals surface area contributed by atoms with Crippen molar-refractivity contribution in [3.8, 4) is 11.5 Å². The van der Waals surface area contributed by atoms with Crippen LogP contribution in [-0.2, 0) is 9.53 Å². The number of Topliss-reactive ketones (excluding diaryl/α,β-unsaturated/α-hetero) is 1. The molecule has 3 rings (SSSR count). The minimum absolute atomic E-state index is 0.117. The van der Waals surface area contributed by atoms with E-state index in [1.165, 1.54) is 38.5 Å². The molecule has 2 aromatic carbocycles. The van der Waals surface area contributed by atoms with Gasteiger partial charge in [-0.2, -0.15) is 0 Å². The molecule has 1 aliphatic heterocycles. The number of methoxy groups -OCH3 is 2. The summed E-state index contributed by atoms with van der Waals surface area (Å²) in [6.45, 7) is -1.47. The monoisotopic (exact) mass is 428 g/mol. The number of fused-ring (bicyclic) bond motifs is 1. The van der Waals surface area contributed by atoms with Crippen LogP contribution < -0.4 is 9.47 Å². The normalized spacial score (nSPS) is 12.4. The molecule has 0 aromatic heterocycles. The molecule has 160 valence electrons. The molecule has 0 N–H and O–H groups in total. The maximum Gasteiger partial charge on any atom is 0.326 e.